The molecule has 0 radical (unpaired) electrons. The topological polar surface area (TPSA) is 76.5 Å². The van der Waals surface area contributed by atoms with Gasteiger partial charge in [0.25, 0.3) is 0 Å². The number of aromatic nitrogens is 2. The van der Waals surface area contributed by atoms with Gasteiger partial charge in [0.1, 0.15) is 23.7 Å². The summed E-state index contributed by atoms with van der Waals surface area (Å²) in [6.07, 6.45) is 2.01. The van der Waals surface area contributed by atoms with Gasteiger partial charge in [0.15, 0.2) is 5.82 Å². The van der Waals surface area contributed by atoms with Crippen LogP contribution < -0.4 is 15.0 Å². The van der Waals surface area contributed by atoms with E-state index in [4.69, 9.17) is 9.84 Å². The van der Waals surface area contributed by atoms with Crippen molar-refractivity contribution < 1.29 is 18.7 Å². The molecule has 1 aliphatic heterocycles. The van der Waals surface area contributed by atoms with Crippen molar-refractivity contribution >= 4 is 33.6 Å². The molecule has 36 heavy (non-hydrogen) atoms. The number of benzene rings is 2. The van der Waals surface area contributed by atoms with Crippen LogP contribution in [0, 0.1) is 11.7 Å². The fraction of sp³-hybridized carbons (Fsp3) is 0.370. The maximum Gasteiger partial charge on any atom is 0.240 e. The minimum Gasteiger partial charge on any atom is -0.482 e. The maximum atomic E-state index is 14.4. The van der Waals surface area contributed by atoms with Crippen molar-refractivity contribution in [3.63, 3.8) is 0 Å². The van der Waals surface area contributed by atoms with Crippen LogP contribution >= 0.6 is 15.9 Å². The van der Waals surface area contributed by atoms with Gasteiger partial charge in [-0.1, -0.05) is 34.1 Å². The second kappa shape index (κ2) is 9.35. The molecule has 9 heteroatoms. The third kappa shape index (κ3) is 4.76. The molecular formula is C27H28BrFN4O3. The lowest BCUT2D eigenvalue weighted by atomic mass is 9.90. The lowest BCUT2D eigenvalue weighted by molar-refractivity contribution is -0.123. The van der Waals surface area contributed by atoms with Crippen LogP contribution in [0.25, 0.3) is 11.3 Å². The van der Waals surface area contributed by atoms with Crippen molar-refractivity contribution in [2.75, 3.05) is 18.0 Å². The summed E-state index contributed by atoms with van der Waals surface area (Å²) in [5, 5.41) is 7.64. The van der Waals surface area contributed by atoms with Gasteiger partial charge in [-0.3, -0.25) is 19.2 Å². The predicted octanol–water partition coefficient (Wildman–Crippen LogP) is 4.72. The lowest BCUT2D eigenvalue weighted by Crippen LogP contribution is -2.44. The van der Waals surface area contributed by atoms with Gasteiger partial charge < -0.3 is 10.1 Å². The summed E-state index contributed by atoms with van der Waals surface area (Å²) in [5.41, 5.74) is 1.77. The van der Waals surface area contributed by atoms with Crippen molar-refractivity contribution in [1.82, 2.24) is 15.1 Å². The molecule has 1 aliphatic carbocycles. The van der Waals surface area contributed by atoms with Crippen molar-refractivity contribution in [3.8, 4) is 17.0 Å². The minimum atomic E-state index is -0.833. The Hall–Kier alpha value is -3.20. The Morgan fingerprint density at radius 2 is 2.00 bits per heavy atom. The molecule has 0 unspecified atom stereocenters. The van der Waals surface area contributed by atoms with Gasteiger partial charge in [0.05, 0.1) is 17.7 Å². The molecule has 3 aromatic rings. The average molecular weight is 555 g/mol. The van der Waals surface area contributed by atoms with E-state index in [1.807, 2.05) is 32.0 Å². The van der Waals surface area contributed by atoms with Gasteiger partial charge in [-0.15, -0.1) is 0 Å². The number of carbonyl (C=O) groups is 2. The quantitative estimate of drug-likeness (QED) is 0.458. The molecule has 0 bridgehead atoms. The third-order valence-corrected chi connectivity index (χ3v) is 7.13. The lowest BCUT2D eigenvalue weighted by Gasteiger charge is -2.34. The average Bonchev–Trinajstić information content (AvgIpc) is 3.59. The molecule has 0 saturated heterocycles. The monoisotopic (exact) mass is 554 g/mol. The molecule has 1 N–H and O–H groups in total. The van der Waals surface area contributed by atoms with E-state index in [0.29, 0.717) is 29.6 Å². The molecule has 5 rings (SSSR count). The third-order valence-electron chi connectivity index (χ3n) is 6.64. The Labute approximate surface area is 217 Å². The number of hydrogen-bond donors (Lipinski definition) is 1. The van der Waals surface area contributed by atoms with E-state index in [2.05, 4.69) is 21.2 Å². The highest BCUT2D eigenvalue weighted by atomic mass is 79.9. The van der Waals surface area contributed by atoms with Crippen molar-refractivity contribution in [1.29, 1.82) is 0 Å². The van der Waals surface area contributed by atoms with Gasteiger partial charge in [0.2, 0.25) is 11.8 Å². The maximum absolute atomic E-state index is 14.4. The second-order valence-electron chi connectivity index (χ2n) is 9.92. The summed E-state index contributed by atoms with van der Waals surface area (Å²) in [5.74, 6) is 0.387. The zero-order valence-corrected chi connectivity index (χ0v) is 22.1. The molecule has 0 atom stereocenters. The summed E-state index contributed by atoms with van der Waals surface area (Å²) in [6, 6.07) is 11.9. The Balaban J connectivity index is 1.57. The Bertz CT molecular complexity index is 1350. The van der Waals surface area contributed by atoms with E-state index in [1.54, 1.807) is 29.9 Å². The number of anilines is 1. The Kier molecular flexibility index (Phi) is 6.36. The predicted molar refractivity (Wildman–Crippen MR) is 138 cm³/mol. The molecular weight excluding hydrogens is 527 g/mol. The first-order valence-corrected chi connectivity index (χ1v) is 12.8. The fourth-order valence-electron chi connectivity index (χ4n) is 4.63. The first kappa shape index (κ1) is 24.5. The van der Waals surface area contributed by atoms with E-state index in [9.17, 15) is 14.0 Å². The highest BCUT2D eigenvalue weighted by molar-refractivity contribution is 9.10. The van der Waals surface area contributed by atoms with Crippen LogP contribution in [0.1, 0.15) is 37.8 Å². The minimum absolute atomic E-state index is 0.197. The van der Waals surface area contributed by atoms with Crippen LogP contribution in [-0.2, 0) is 28.7 Å². The largest absolute Gasteiger partial charge is 0.482 e. The highest BCUT2D eigenvalue weighted by Gasteiger charge is 2.41. The molecule has 7 nitrogen and oxygen atoms in total. The second-order valence-corrected chi connectivity index (χ2v) is 10.8. The summed E-state index contributed by atoms with van der Waals surface area (Å²) in [4.78, 5) is 27.9. The molecule has 2 aromatic carbocycles. The number of fused-ring (bicyclic) bond motifs is 3. The zero-order valence-electron chi connectivity index (χ0n) is 20.5. The summed E-state index contributed by atoms with van der Waals surface area (Å²) >= 11 is 3.53. The number of ether oxygens (including phenoxy) is 1. The molecule has 2 heterocycles. The van der Waals surface area contributed by atoms with Gasteiger partial charge >= 0.3 is 0 Å². The van der Waals surface area contributed by atoms with Crippen molar-refractivity contribution in [2.24, 2.45) is 13.0 Å². The number of rotatable bonds is 7. The van der Waals surface area contributed by atoms with E-state index in [-0.39, 0.29) is 24.4 Å². The van der Waals surface area contributed by atoms with Gasteiger partial charge in [0, 0.05) is 23.6 Å². The smallest absolute Gasteiger partial charge is 0.240 e. The number of halogens is 2. The number of aryl methyl sites for hydroxylation is 1. The first-order valence-electron chi connectivity index (χ1n) is 12.0. The van der Waals surface area contributed by atoms with Crippen LogP contribution in [0.5, 0.6) is 5.75 Å². The highest BCUT2D eigenvalue weighted by Crippen LogP contribution is 2.49. The molecule has 1 saturated carbocycles. The summed E-state index contributed by atoms with van der Waals surface area (Å²) in [7, 11) is 1.81. The number of nitrogens with one attached hydrogen (secondary N) is 1. The fourth-order valence-corrected chi connectivity index (χ4v) is 4.99. The zero-order chi connectivity index (χ0) is 25.6. The van der Waals surface area contributed by atoms with Crippen LogP contribution in [-0.4, -0.2) is 34.7 Å². The van der Waals surface area contributed by atoms with E-state index in [0.717, 1.165) is 28.6 Å². The van der Waals surface area contributed by atoms with Crippen LogP contribution in [0.4, 0.5) is 10.2 Å². The molecule has 2 amide bonds. The van der Waals surface area contributed by atoms with Crippen LogP contribution in [0.3, 0.4) is 0 Å². The van der Waals surface area contributed by atoms with Crippen LogP contribution in [0.15, 0.2) is 46.9 Å². The summed E-state index contributed by atoms with van der Waals surface area (Å²) in [6.45, 7) is 4.19. The molecule has 1 fully saturated rings. The molecule has 188 valence electrons. The van der Waals surface area contributed by atoms with E-state index >= 15 is 0 Å². The molecule has 0 spiro atoms. The normalized spacial score (nSPS) is 15.5. The number of carbonyl (C=O) groups excluding carboxylic acids is 2. The standard InChI is InChI=1S/C27H28BrFN4O3/c1-27(2)24-25(19-13-18(28)10-11-21(19)36-27)32(3)31-26(24)33(15-22(34)30-14-16-8-9-16)23(35)12-17-6-4-5-7-20(17)29/h4-7,10-11,13,16H,8-9,12,14-15H2,1-3H3,(H,30,34). The number of nitrogens with zero attached hydrogens (tertiary/aromatic N) is 3. The van der Waals surface area contributed by atoms with E-state index < -0.39 is 17.3 Å². The molecule has 2 aliphatic rings. The van der Waals surface area contributed by atoms with Gasteiger partial charge in [-0.05, 0) is 62.4 Å². The molecule has 1 aromatic heterocycles. The van der Waals surface area contributed by atoms with Gasteiger partial charge in [-0.2, -0.15) is 5.10 Å². The summed E-state index contributed by atoms with van der Waals surface area (Å²) < 4.78 is 23.3. The first-order chi connectivity index (χ1) is 17.1. The number of amides is 2. The van der Waals surface area contributed by atoms with Gasteiger partial charge in [-0.25, -0.2) is 4.39 Å². The van der Waals surface area contributed by atoms with Crippen molar-refractivity contribution in [3.05, 3.63) is 63.9 Å². The Morgan fingerprint density at radius 1 is 1.25 bits per heavy atom. The number of hydrogen-bond acceptors (Lipinski definition) is 4. The van der Waals surface area contributed by atoms with Crippen molar-refractivity contribution in [2.45, 2.75) is 38.7 Å². The van der Waals surface area contributed by atoms with Crippen LogP contribution in [0.2, 0.25) is 0 Å². The SMILES string of the molecule is Cn1nc(N(CC(=O)NCC2CC2)C(=O)Cc2ccccc2F)c2c1-c1cc(Br)ccc1OC2(C)C. The Morgan fingerprint density at radius 3 is 2.72 bits per heavy atom. The van der Waals surface area contributed by atoms with E-state index in [1.165, 1.54) is 11.0 Å².